The molecule has 7 heteroatoms. The molecule has 20 heavy (non-hydrogen) atoms. The van der Waals surface area contributed by atoms with Crippen LogP contribution in [0.4, 0.5) is 11.5 Å². The molecule has 3 heterocycles. The summed E-state index contributed by atoms with van der Waals surface area (Å²) in [5, 5.41) is 0.494. The van der Waals surface area contributed by atoms with E-state index < -0.39 is 0 Å². The molecule has 0 radical (unpaired) electrons. The number of nitrogen functional groups attached to an aromatic ring is 1. The Morgan fingerprint density at radius 1 is 1.35 bits per heavy atom. The molecule has 0 unspecified atom stereocenters. The van der Waals surface area contributed by atoms with Gasteiger partial charge in [-0.3, -0.25) is 0 Å². The zero-order valence-electron chi connectivity index (χ0n) is 11.0. The van der Waals surface area contributed by atoms with Crippen molar-refractivity contribution in [3.63, 3.8) is 0 Å². The van der Waals surface area contributed by atoms with E-state index in [4.69, 9.17) is 22.1 Å². The molecule has 104 valence electrons. The van der Waals surface area contributed by atoms with Crippen molar-refractivity contribution in [3.8, 4) is 5.88 Å². The molecule has 1 aliphatic heterocycles. The number of halogens is 1. The summed E-state index contributed by atoms with van der Waals surface area (Å²) in [4.78, 5) is 14.7. The van der Waals surface area contributed by atoms with E-state index >= 15 is 0 Å². The molecule has 0 aliphatic carbocycles. The molecular formula is C13H14ClN5O. The van der Waals surface area contributed by atoms with Gasteiger partial charge in [-0.15, -0.1) is 0 Å². The number of anilines is 2. The van der Waals surface area contributed by atoms with Crippen LogP contribution in [-0.2, 0) is 13.0 Å². The van der Waals surface area contributed by atoms with Crippen molar-refractivity contribution < 1.29 is 4.74 Å². The summed E-state index contributed by atoms with van der Waals surface area (Å²) in [5.74, 6) is 0.961. The van der Waals surface area contributed by atoms with E-state index in [1.54, 1.807) is 13.3 Å². The number of rotatable bonds is 2. The van der Waals surface area contributed by atoms with E-state index in [0.717, 1.165) is 29.9 Å². The third kappa shape index (κ3) is 2.22. The van der Waals surface area contributed by atoms with E-state index in [9.17, 15) is 0 Å². The number of methoxy groups -OCH3 is 1. The molecule has 2 aromatic heterocycles. The van der Waals surface area contributed by atoms with Gasteiger partial charge in [-0.1, -0.05) is 11.6 Å². The largest absolute Gasteiger partial charge is 0.480 e. The maximum atomic E-state index is 6.12. The SMILES string of the molecule is COc1ncc(N2CCc3ncnc(N)c3C2)cc1Cl. The first-order chi connectivity index (χ1) is 9.69. The minimum Gasteiger partial charge on any atom is -0.480 e. The fraction of sp³-hybridized carbons (Fsp3) is 0.308. The van der Waals surface area contributed by atoms with Crippen molar-refractivity contribution >= 4 is 23.1 Å². The van der Waals surface area contributed by atoms with Crippen molar-refractivity contribution in [1.82, 2.24) is 15.0 Å². The molecule has 6 nitrogen and oxygen atoms in total. The Labute approximate surface area is 121 Å². The number of hydrogen-bond acceptors (Lipinski definition) is 6. The first-order valence-corrected chi connectivity index (χ1v) is 6.59. The lowest BCUT2D eigenvalue weighted by molar-refractivity contribution is 0.398. The summed E-state index contributed by atoms with van der Waals surface area (Å²) < 4.78 is 5.06. The highest BCUT2D eigenvalue weighted by Gasteiger charge is 2.21. The summed E-state index contributed by atoms with van der Waals surface area (Å²) in [7, 11) is 1.54. The third-order valence-corrected chi connectivity index (χ3v) is 3.66. The second-order valence-electron chi connectivity index (χ2n) is 4.54. The van der Waals surface area contributed by atoms with Crippen LogP contribution in [0.5, 0.6) is 5.88 Å². The topological polar surface area (TPSA) is 77.2 Å². The first kappa shape index (κ1) is 12.9. The van der Waals surface area contributed by atoms with Crippen molar-refractivity contribution in [2.75, 3.05) is 24.3 Å². The molecule has 3 rings (SSSR count). The number of pyridine rings is 1. The van der Waals surface area contributed by atoms with Crippen molar-refractivity contribution in [2.24, 2.45) is 0 Å². The Balaban J connectivity index is 1.90. The average molecular weight is 292 g/mol. The summed E-state index contributed by atoms with van der Waals surface area (Å²) >= 11 is 6.12. The van der Waals surface area contributed by atoms with Gasteiger partial charge >= 0.3 is 0 Å². The predicted molar refractivity (Wildman–Crippen MR) is 77.0 cm³/mol. The Morgan fingerprint density at radius 3 is 2.95 bits per heavy atom. The van der Waals surface area contributed by atoms with Crippen LogP contribution in [0.2, 0.25) is 5.02 Å². The normalized spacial score (nSPS) is 14.0. The van der Waals surface area contributed by atoms with Crippen LogP contribution < -0.4 is 15.4 Å². The van der Waals surface area contributed by atoms with Gasteiger partial charge in [0.05, 0.1) is 24.7 Å². The van der Waals surface area contributed by atoms with Gasteiger partial charge in [-0.05, 0) is 6.07 Å². The Bertz CT molecular complexity index is 649. The fourth-order valence-corrected chi connectivity index (χ4v) is 2.56. The highest BCUT2D eigenvalue weighted by Crippen LogP contribution is 2.30. The third-order valence-electron chi connectivity index (χ3n) is 3.39. The summed E-state index contributed by atoms with van der Waals surface area (Å²) in [6.07, 6.45) is 4.08. The van der Waals surface area contributed by atoms with Crippen LogP contribution in [0.1, 0.15) is 11.3 Å². The second-order valence-corrected chi connectivity index (χ2v) is 4.95. The zero-order chi connectivity index (χ0) is 14.1. The van der Waals surface area contributed by atoms with Gasteiger partial charge < -0.3 is 15.4 Å². The smallest absolute Gasteiger partial charge is 0.232 e. The second kappa shape index (κ2) is 5.13. The number of nitrogens with two attached hydrogens (primary N) is 1. The average Bonchev–Trinajstić information content (AvgIpc) is 2.47. The van der Waals surface area contributed by atoms with E-state index in [-0.39, 0.29) is 0 Å². The fourth-order valence-electron chi connectivity index (χ4n) is 2.32. The lowest BCUT2D eigenvalue weighted by Gasteiger charge is -2.30. The van der Waals surface area contributed by atoms with Gasteiger partial charge in [0.2, 0.25) is 5.88 Å². The maximum Gasteiger partial charge on any atom is 0.232 e. The Kier molecular flexibility index (Phi) is 3.31. The number of nitrogens with zero attached hydrogens (tertiary/aromatic N) is 4. The highest BCUT2D eigenvalue weighted by atomic mass is 35.5. The number of fused-ring (bicyclic) bond motifs is 1. The first-order valence-electron chi connectivity index (χ1n) is 6.21. The molecule has 2 aromatic rings. The van der Waals surface area contributed by atoms with Crippen LogP contribution in [0.15, 0.2) is 18.6 Å². The van der Waals surface area contributed by atoms with E-state index in [1.165, 1.54) is 6.33 Å². The standard InChI is InChI=1S/C13H14ClN5O/c1-20-13-10(14)4-8(5-16-13)19-3-2-11-9(6-19)12(15)18-7-17-11/h4-5,7H,2-3,6H2,1H3,(H2,15,17,18). The van der Waals surface area contributed by atoms with Crippen LogP contribution in [0.25, 0.3) is 0 Å². The van der Waals surface area contributed by atoms with Crippen LogP contribution in [0, 0.1) is 0 Å². The van der Waals surface area contributed by atoms with Gasteiger partial charge in [0.15, 0.2) is 0 Å². The predicted octanol–water partition coefficient (Wildman–Crippen LogP) is 1.68. The zero-order valence-corrected chi connectivity index (χ0v) is 11.8. The summed E-state index contributed by atoms with van der Waals surface area (Å²) in [6.45, 7) is 1.50. The van der Waals surface area contributed by atoms with Crippen LogP contribution >= 0.6 is 11.6 Å². The minimum absolute atomic E-state index is 0.427. The Hall–Kier alpha value is -2.08. The number of aromatic nitrogens is 3. The summed E-state index contributed by atoms with van der Waals surface area (Å²) in [5.41, 5.74) is 8.85. The van der Waals surface area contributed by atoms with Crippen molar-refractivity contribution in [1.29, 1.82) is 0 Å². The van der Waals surface area contributed by atoms with Gasteiger partial charge in [-0.25, -0.2) is 15.0 Å². The molecule has 2 N–H and O–H groups in total. The molecule has 0 spiro atoms. The number of ether oxygens (including phenoxy) is 1. The monoisotopic (exact) mass is 291 g/mol. The van der Waals surface area contributed by atoms with E-state index in [1.807, 2.05) is 6.07 Å². The molecule has 0 amide bonds. The molecule has 0 saturated carbocycles. The molecule has 1 aliphatic rings. The van der Waals surface area contributed by atoms with Crippen molar-refractivity contribution in [3.05, 3.63) is 34.9 Å². The molecule has 0 atom stereocenters. The van der Waals surface area contributed by atoms with E-state index in [0.29, 0.717) is 23.3 Å². The highest BCUT2D eigenvalue weighted by molar-refractivity contribution is 6.32. The number of hydrogen-bond donors (Lipinski definition) is 1. The van der Waals surface area contributed by atoms with Crippen LogP contribution in [0.3, 0.4) is 0 Å². The van der Waals surface area contributed by atoms with Gasteiger partial charge in [0.25, 0.3) is 0 Å². The molecule has 0 saturated heterocycles. The van der Waals surface area contributed by atoms with Gasteiger partial charge in [0, 0.05) is 25.1 Å². The van der Waals surface area contributed by atoms with E-state index in [2.05, 4.69) is 19.9 Å². The molecule has 0 bridgehead atoms. The lowest BCUT2D eigenvalue weighted by Crippen LogP contribution is -2.32. The lowest BCUT2D eigenvalue weighted by atomic mass is 10.1. The van der Waals surface area contributed by atoms with Gasteiger partial charge in [0.1, 0.15) is 17.2 Å². The molecule has 0 fully saturated rings. The van der Waals surface area contributed by atoms with Crippen molar-refractivity contribution in [2.45, 2.75) is 13.0 Å². The van der Waals surface area contributed by atoms with Crippen LogP contribution in [-0.4, -0.2) is 28.6 Å². The maximum absolute atomic E-state index is 6.12. The minimum atomic E-state index is 0.427. The molecular weight excluding hydrogens is 278 g/mol. The molecule has 0 aromatic carbocycles. The summed E-state index contributed by atoms with van der Waals surface area (Å²) in [6, 6.07) is 1.85. The van der Waals surface area contributed by atoms with Gasteiger partial charge in [-0.2, -0.15) is 0 Å². The quantitative estimate of drug-likeness (QED) is 0.907. The Morgan fingerprint density at radius 2 is 2.20 bits per heavy atom.